The molecule has 1 atom stereocenters. The Balaban J connectivity index is 2.23. The lowest BCUT2D eigenvalue weighted by Crippen LogP contribution is -2.46. The van der Waals surface area contributed by atoms with Crippen LogP contribution in [0.25, 0.3) is 0 Å². The summed E-state index contributed by atoms with van der Waals surface area (Å²) in [6.07, 6.45) is -3.04. The molecule has 3 nitrogen and oxygen atoms in total. The van der Waals surface area contributed by atoms with E-state index in [0.717, 1.165) is 12.5 Å². The van der Waals surface area contributed by atoms with Crippen molar-refractivity contribution in [3.63, 3.8) is 0 Å². The zero-order valence-corrected chi connectivity index (χ0v) is 10.0. The summed E-state index contributed by atoms with van der Waals surface area (Å²) in [5.74, 6) is 0.268. The van der Waals surface area contributed by atoms with Crippen LogP contribution in [0.2, 0.25) is 0 Å². The van der Waals surface area contributed by atoms with Crippen molar-refractivity contribution in [2.24, 2.45) is 0 Å². The van der Waals surface area contributed by atoms with Gasteiger partial charge in [-0.25, -0.2) is 4.98 Å². The van der Waals surface area contributed by atoms with Crippen LogP contribution in [0.1, 0.15) is 25.5 Å². The molecule has 100 valence electrons. The number of alkyl halides is 3. The van der Waals surface area contributed by atoms with Gasteiger partial charge in [0.2, 0.25) is 0 Å². The average molecular weight is 260 g/mol. The molecule has 1 aromatic rings. The van der Waals surface area contributed by atoms with Crippen molar-refractivity contribution in [3.8, 4) is 0 Å². The molecule has 0 aromatic carbocycles. The number of aromatic nitrogens is 1. The first kappa shape index (κ1) is 13.1. The van der Waals surface area contributed by atoms with Crippen molar-refractivity contribution in [2.45, 2.75) is 31.5 Å². The molecule has 6 heteroatoms. The minimum absolute atomic E-state index is 0.268. The maximum atomic E-state index is 12.6. The number of rotatable bonds is 1. The Bertz CT molecular complexity index is 432. The van der Waals surface area contributed by atoms with E-state index >= 15 is 0 Å². The van der Waals surface area contributed by atoms with Crippen molar-refractivity contribution in [3.05, 3.63) is 23.9 Å². The number of piperidine rings is 1. The lowest BCUT2D eigenvalue weighted by Gasteiger charge is -2.37. The fraction of sp³-hybridized carbons (Fsp3) is 0.583. The molecule has 1 aliphatic rings. The summed E-state index contributed by atoms with van der Waals surface area (Å²) in [5, 5.41) is 9.94. The normalized spacial score (nSPS) is 25.3. The molecule has 2 heterocycles. The topological polar surface area (TPSA) is 36.4 Å². The van der Waals surface area contributed by atoms with Crippen molar-refractivity contribution >= 4 is 5.82 Å². The van der Waals surface area contributed by atoms with Gasteiger partial charge in [0.15, 0.2) is 0 Å². The second-order valence-electron chi connectivity index (χ2n) is 4.90. The van der Waals surface area contributed by atoms with E-state index < -0.39 is 17.5 Å². The fourth-order valence-corrected chi connectivity index (χ4v) is 2.17. The first-order valence-electron chi connectivity index (χ1n) is 5.79. The van der Waals surface area contributed by atoms with Crippen LogP contribution in [-0.2, 0) is 6.18 Å². The van der Waals surface area contributed by atoms with Gasteiger partial charge in [0.1, 0.15) is 11.5 Å². The molecule has 0 amide bonds. The number of nitrogens with zero attached hydrogens (tertiary/aromatic N) is 2. The van der Waals surface area contributed by atoms with Gasteiger partial charge in [-0.2, -0.15) is 13.2 Å². The van der Waals surface area contributed by atoms with Crippen molar-refractivity contribution in [1.29, 1.82) is 0 Å². The second kappa shape index (κ2) is 4.42. The number of hydrogen-bond acceptors (Lipinski definition) is 3. The van der Waals surface area contributed by atoms with Crippen LogP contribution in [0.15, 0.2) is 18.2 Å². The summed E-state index contributed by atoms with van der Waals surface area (Å²) in [6, 6.07) is 3.83. The van der Waals surface area contributed by atoms with Gasteiger partial charge in [-0.3, -0.25) is 0 Å². The molecule has 0 saturated carbocycles. The van der Waals surface area contributed by atoms with Gasteiger partial charge >= 0.3 is 6.18 Å². The lowest BCUT2D eigenvalue weighted by atomic mass is 9.95. The molecular formula is C12H15F3N2O. The Morgan fingerprint density at radius 1 is 1.39 bits per heavy atom. The number of halogens is 3. The Morgan fingerprint density at radius 3 is 2.72 bits per heavy atom. The van der Waals surface area contributed by atoms with Crippen LogP contribution in [0.5, 0.6) is 0 Å². The molecule has 18 heavy (non-hydrogen) atoms. The summed E-state index contributed by atoms with van der Waals surface area (Å²) >= 11 is 0. The van der Waals surface area contributed by atoms with E-state index in [2.05, 4.69) is 4.98 Å². The number of anilines is 1. The third-order valence-electron chi connectivity index (χ3n) is 3.02. The SMILES string of the molecule is CC1(O)CCCN(c2cccc(C(F)(F)F)n2)C1. The highest BCUT2D eigenvalue weighted by Gasteiger charge is 2.34. The van der Waals surface area contributed by atoms with Crippen LogP contribution >= 0.6 is 0 Å². The van der Waals surface area contributed by atoms with Gasteiger partial charge in [-0.05, 0) is 31.9 Å². The van der Waals surface area contributed by atoms with Gasteiger partial charge < -0.3 is 10.0 Å². The summed E-state index contributed by atoms with van der Waals surface area (Å²) in [5.41, 5.74) is -1.76. The molecular weight excluding hydrogens is 245 g/mol. The zero-order chi connectivity index (χ0) is 13.4. The summed E-state index contributed by atoms with van der Waals surface area (Å²) in [7, 11) is 0. The predicted octanol–water partition coefficient (Wildman–Crippen LogP) is 2.45. The summed E-state index contributed by atoms with van der Waals surface area (Å²) in [6.45, 7) is 2.61. The number of aliphatic hydroxyl groups is 1. The molecule has 0 radical (unpaired) electrons. The van der Waals surface area contributed by atoms with Gasteiger partial charge in [0.05, 0.1) is 5.60 Å². The smallest absolute Gasteiger partial charge is 0.388 e. The Kier molecular flexibility index (Phi) is 3.23. The van der Waals surface area contributed by atoms with Crippen molar-refractivity contribution < 1.29 is 18.3 Å². The quantitative estimate of drug-likeness (QED) is 0.842. The maximum Gasteiger partial charge on any atom is 0.433 e. The van der Waals surface area contributed by atoms with Gasteiger partial charge in [0.25, 0.3) is 0 Å². The number of hydrogen-bond donors (Lipinski definition) is 1. The third kappa shape index (κ3) is 2.93. The Morgan fingerprint density at radius 2 is 2.11 bits per heavy atom. The van der Waals surface area contributed by atoms with Crippen LogP contribution in [0.3, 0.4) is 0 Å². The van der Waals surface area contributed by atoms with Gasteiger partial charge in [-0.1, -0.05) is 6.07 Å². The average Bonchev–Trinajstić information content (AvgIpc) is 2.27. The van der Waals surface area contributed by atoms with Crippen LogP contribution in [0.4, 0.5) is 19.0 Å². The highest BCUT2D eigenvalue weighted by Crippen LogP contribution is 2.30. The van der Waals surface area contributed by atoms with E-state index in [1.165, 1.54) is 12.1 Å². The van der Waals surface area contributed by atoms with Gasteiger partial charge in [0, 0.05) is 13.1 Å². The first-order valence-corrected chi connectivity index (χ1v) is 5.79. The Hall–Kier alpha value is -1.30. The summed E-state index contributed by atoms with van der Waals surface area (Å²) < 4.78 is 37.7. The van der Waals surface area contributed by atoms with E-state index in [-0.39, 0.29) is 5.82 Å². The second-order valence-corrected chi connectivity index (χ2v) is 4.90. The number of pyridine rings is 1. The molecule has 0 aliphatic carbocycles. The van der Waals surface area contributed by atoms with Gasteiger partial charge in [-0.15, -0.1) is 0 Å². The zero-order valence-electron chi connectivity index (χ0n) is 10.0. The molecule has 2 rings (SSSR count). The molecule has 1 unspecified atom stereocenters. The van der Waals surface area contributed by atoms with Crippen molar-refractivity contribution in [2.75, 3.05) is 18.0 Å². The molecule has 0 spiro atoms. The van der Waals surface area contributed by atoms with Crippen LogP contribution in [0, 0.1) is 0 Å². The fourth-order valence-electron chi connectivity index (χ4n) is 2.17. The number of β-amino-alcohol motifs (C(OH)–C–C–N with tert-alkyl or cyclic N) is 1. The van der Waals surface area contributed by atoms with Crippen LogP contribution in [-0.4, -0.2) is 28.8 Å². The minimum atomic E-state index is -4.44. The van der Waals surface area contributed by atoms with Crippen LogP contribution < -0.4 is 4.90 Å². The van der Waals surface area contributed by atoms with E-state index in [0.29, 0.717) is 19.5 Å². The molecule has 1 aliphatic heterocycles. The first-order chi connectivity index (χ1) is 8.28. The largest absolute Gasteiger partial charge is 0.433 e. The molecule has 1 aromatic heterocycles. The highest BCUT2D eigenvalue weighted by molar-refractivity contribution is 5.40. The lowest BCUT2D eigenvalue weighted by molar-refractivity contribution is -0.141. The van der Waals surface area contributed by atoms with E-state index in [1.807, 2.05) is 0 Å². The summed E-state index contributed by atoms with van der Waals surface area (Å²) in [4.78, 5) is 5.32. The molecule has 0 bridgehead atoms. The maximum absolute atomic E-state index is 12.6. The highest BCUT2D eigenvalue weighted by atomic mass is 19.4. The molecule has 1 fully saturated rings. The third-order valence-corrected chi connectivity index (χ3v) is 3.02. The predicted molar refractivity (Wildman–Crippen MR) is 61.3 cm³/mol. The molecule has 1 saturated heterocycles. The molecule has 1 N–H and O–H groups in total. The Labute approximate surface area is 103 Å². The monoisotopic (exact) mass is 260 g/mol. The van der Waals surface area contributed by atoms with Crippen molar-refractivity contribution in [1.82, 2.24) is 4.98 Å². The van der Waals surface area contributed by atoms with E-state index in [4.69, 9.17) is 0 Å². The van der Waals surface area contributed by atoms with E-state index in [9.17, 15) is 18.3 Å². The van der Waals surface area contributed by atoms with E-state index in [1.54, 1.807) is 11.8 Å². The minimum Gasteiger partial charge on any atom is -0.388 e. The standard InChI is InChI=1S/C12H15F3N2O/c1-11(18)6-3-7-17(8-11)10-5-2-4-9(16-10)12(13,14)15/h2,4-5,18H,3,6-8H2,1H3.